The molecule has 0 bridgehead atoms. The van der Waals surface area contributed by atoms with Crippen LogP contribution in [0.25, 0.3) is 0 Å². The molecule has 1 unspecified atom stereocenters. The van der Waals surface area contributed by atoms with Gasteiger partial charge in [0.05, 0.1) is 11.8 Å². The van der Waals surface area contributed by atoms with Crippen molar-refractivity contribution in [3.63, 3.8) is 0 Å². The number of fused-ring (bicyclic) bond motifs is 1. The largest absolute Gasteiger partial charge is 0.325 e. The Kier molecular flexibility index (Phi) is 3.87. The Morgan fingerprint density at radius 2 is 1.81 bits per heavy atom. The molecule has 0 aromatic heterocycles. The number of alkyl halides is 1. The average molecular weight is 341 g/mol. The third-order valence-corrected chi connectivity index (χ3v) is 4.67. The van der Waals surface area contributed by atoms with Crippen molar-refractivity contribution in [3.8, 4) is 0 Å². The number of hydrogen-bond acceptors (Lipinski definition) is 1. The van der Waals surface area contributed by atoms with E-state index in [0.29, 0.717) is 16.5 Å². The highest BCUT2D eigenvalue weighted by Gasteiger charge is 2.23. The third-order valence-electron chi connectivity index (χ3n) is 3.55. The number of hydrogen-bond donors (Lipinski definition) is 1. The highest BCUT2D eigenvalue weighted by Crippen LogP contribution is 2.40. The Bertz CT molecular complexity index is 743. The van der Waals surface area contributed by atoms with Crippen LogP contribution in [0, 0.1) is 6.92 Å². The summed E-state index contributed by atoms with van der Waals surface area (Å²) in [4.78, 5) is 11.4. The molecule has 108 valence electrons. The van der Waals surface area contributed by atoms with Crippen molar-refractivity contribution < 1.29 is 4.79 Å². The van der Waals surface area contributed by atoms with Crippen molar-refractivity contribution in [2.75, 3.05) is 5.32 Å². The summed E-state index contributed by atoms with van der Waals surface area (Å²) >= 11 is 19.1. The first-order chi connectivity index (χ1) is 9.95. The Balaban J connectivity index is 2.04. The minimum Gasteiger partial charge on any atom is -0.325 e. The fourth-order valence-electron chi connectivity index (χ4n) is 2.47. The second-order valence-corrected chi connectivity index (χ2v) is 6.39. The Labute approximate surface area is 138 Å². The second-order valence-electron chi connectivity index (χ2n) is 5.14. The lowest BCUT2D eigenvalue weighted by Crippen LogP contribution is -2.03. The summed E-state index contributed by atoms with van der Waals surface area (Å²) in [7, 11) is 0. The molecule has 0 saturated carbocycles. The summed E-state index contributed by atoms with van der Waals surface area (Å²) in [6.07, 6.45) is 0.352. The maximum Gasteiger partial charge on any atom is 0.228 e. The Morgan fingerprint density at radius 1 is 1.10 bits per heavy atom. The van der Waals surface area contributed by atoms with E-state index in [1.807, 2.05) is 31.2 Å². The van der Waals surface area contributed by atoms with Crippen molar-refractivity contribution in [2.45, 2.75) is 18.7 Å². The van der Waals surface area contributed by atoms with Gasteiger partial charge in [-0.15, -0.1) is 11.6 Å². The van der Waals surface area contributed by atoms with Crippen LogP contribution in [0.1, 0.15) is 27.6 Å². The molecule has 1 atom stereocenters. The predicted molar refractivity (Wildman–Crippen MR) is 87.7 cm³/mol. The molecule has 1 heterocycles. The number of benzene rings is 2. The number of aryl methyl sites for hydroxylation is 1. The summed E-state index contributed by atoms with van der Waals surface area (Å²) in [5.41, 5.74) is 4.31. The van der Waals surface area contributed by atoms with Gasteiger partial charge in [0.2, 0.25) is 5.91 Å². The van der Waals surface area contributed by atoms with Gasteiger partial charge in [-0.3, -0.25) is 4.79 Å². The summed E-state index contributed by atoms with van der Waals surface area (Å²) in [6, 6.07) is 9.36. The number of carbonyl (C=O) groups is 1. The predicted octanol–water partition coefficient (Wildman–Crippen LogP) is 5.12. The fraction of sp³-hybridized carbons (Fsp3) is 0.188. The number of anilines is 1. The van der Waals surface area contributed by atoms with Gasteiger partial charge in [-0.05, 0) is 47.4 Å². The van der Waals surface area contributed by atoms with Crippen LogP contribution in [0.5, 0.6) is 0 Å². The standard InChI is InChI=1S/C16H12Cl3NO/c1-8-2-3-10(12(17)4-8)16(19)11-5-9-6-15(21)20-14(9)7-13(11)18/h2-5,7,16H,6H2,1H3,(H,20,21). The molecule has 2 aromatic rings. The van der Waals surface area contributed by atoms with Gasteiger partial charge in [0.25, 0.3) is 0 Å². The minimum absolute atomic E-state index is 0.0299. The van der Waals surface area contributed by atoms with Gasteiger partial charge in [0.1, 0.15) is 0 Å². The molecule has 3 rings (SSSR count). The van der Waals surface area contributed by atoms with Crippen LogP contribution in [0.15, 0.2) is 30.3 Å². The molecule has 0 aliphatic carbocycles. The highest BCUT2D eigenvalue weighted by atomic mass is 35.5. The second kappa shape index (κ2) is 5.53. The smallest absolute Gasteiger partial charge is 0.228 e. The molecule has 1 aliphatic heterocycles. The number of halogens is 3. The molecule has 2 nitrogen and oxygen atoms in total. The zero-order valence-corrected chi connectivity index (χ0v) is 13.5. The molecule has 21 heavy (non-hydrogen) atoms. The SMILES string of the molecule is Cc1ccc(C(Cl)c2cc3c(cc2Cl)NC(=O)C3)c(Cl)c1. The molecule has 2 aromatic carbocycles. The molecule has 1 amide bonds. The minimum atomic E-state index is -0.452. The van der Waals surface area contributed by atoms with Crippen LogP contribution in [0.4, 0.5) is 5.69 Å². The van der Waals surface area contributed by atoms with Gasteiger partial charge in [-0.1, -0.05) is 35.3 Å². The van der Waals surface area contributed by atoms with Crippen molar-refractivity contribution in [1.82, 2.24) is 0 Å². The maximum absolute atomic E-state index is 11.4. The lowest BCUT2D eigenvalue weighted by atomic mass is 10.00. The summed E-state index contributed by atoms with van der Waals surface area (Å²) in [6.45, 7) is 1.97. The lowest BCUT2D eigenvalue weighted by molar-refractivity contribution is -0.115. The van der Waals surface area contributed by atoms with Gasteiger partial charge in [-0.25, -0.2) is 0 Å². The number of rotatable bonds is 2. The molecule has 0 saturated heterocycles. The van der Waals surface area contributed by atoms with Crippen molar-refractivity contribution in [2.24, 2.45) is 0 Å². The van der Waals surface area contributed by atoms with E-state index in [1.54, 1.807) is 6.07 Å². The van der Waals surface area contributed by atoms with Gasteiger partial charge >= 0.3 is 0 Å². The van der Waals surface area contributed by atoms with Crippen LogP contribution in [-0.2, 0) is 11.2 Å². The molecular weight excluding hydrogens is 329 g/mol. The number of nitrogens with one attached hydrogen (secondary N) is 1. The zero-order chi connectivity index (χ0) is 15.1. The fourth-order valence-corrected chi connectivity index (χ4v) is 3.57. The van der Waals surface area contributed by atoms with Gasteiger partial charge in [0, 0.05) is 15.7 Å². The Morgan fingerprint density at radius 3 is 2.52 bits per heavy atom. The molecule has 1 N–H and O–H groups in total. The van der Waals surface area contributed by atoms with E-state index in [1.165, 1.54) is 0 Å². The van der Waals surface area contributed by atoms with Crippen LogP contribution in [-0.4, -0.2) is 5.91 Å². The first-order valence-electron chi connectivity index (χ1n) is 6.48. The van der Waals surface area contributed by atoms with Gasteiger partial charge in [0.15, 0.2) is 0 Å². The lowest BCUT2D eigenvalue weighted by Gasteiger charge is -2.15. The van der Waals surface area contributed by atoms with Crippen molar-refractivity contribution >= 4 is 46.4 Å². The molecule has 0 radical (unpaired) electrons. The van der Waals surface area contributed by atoms with Gasteiger partial charge < -0.3 is 5.32 Å². The first kappa shape index (κ1) is 14.7. The van der Waals surface area contributed by atoms with E-state index in [0.717, 1.165) is 27.9 Å². The first-order valence-corrected chi connectivity index (χ1v) is 7.67. The monoisotopic (exact) mass is 339 g/mol. The zero-order valence-electron chi connectivity index (χ0n) is 11.2. The van der Waals surface area contributed by atoms with E-state index >= 15 is 0 Å². The van der Waals surface area contributed by atoms with Gasteiger partial charge in [-0.2, -0.15) is 0 Å². The third kappa shape index (κ3) is 2.76. The number of carbonyl (C=O) groups excluding carboxylic acids is 1. The molecule has 0 spiro atoms. The van der Waals surface area contributed by atoms with Crippen LogP contribution >= 0.6 is 34.8 Å². The Hall–Kier alpha value is -1.22. The van der Waals surface area contributed by atoms with Crippen LogP contribution in [0.3, 0.4) is 0 Å². The van der Waals surface area contributed by atoms with Crippen molar-refractivity contribution in [1.29, 1.82) is 0 Å². The van der Waals surface area contributed by atoms with E-state index in [2.05, 4.69) is 5.32 Å². The molecular formula is C16H12Cl3NO. The van der Waals surface area contributed by atoms with Crippen molar-refractivity contribution in [3.05, 3.63) is 62.6 Å². The maximum atomic E-state index is 11.4. The van der Waals surface area contributed by atoms with E-state index in [9.17, 15) is 4.79 Å². The normalized spacial score (nSPS) is 14.8. The highest BCUT2D eigenvalue weighted by molar-refractivity contribution is 6.35. The van der Waals surface area contributed by atoms with E-state index in [-0.39, 0.29) is 5.91 Å². The van der Waals surface area contributed by atoms with E-state index in [4.69, 9.17) is 34.8 Å². The molecule has 0 fully saturated rings. The van der Waals surface area contributed by atoms with E-state index < -0.39 is 5.38 Å². The topological polar surface area (TPSA) is 29.1 Å². The molecule has 1 aliphatic rings. The van der Waals surface area contributed by atoms with Crippen LogP contribution < -0.4 is 5.32 Å². The number of amides is 1. The summed E-state index contributed by atoms with van der Waals surface area (Å²) in [5.74, 6) is -0.0299. The summed E-state index contributed by atoms with van der Waals surface area (Å²) < 4.78 is 0. The van der Waals surface area contributed by atoms with Crippen LogP contribution in [0.2, 0.25) is 10.0 Å². The average Bonchev–Trinajstić information content (AvgIpc) is 2.76. The molecule has 5 heteroatoms. The summed E-state index contributed by atoms with van der Waals surface area (Å²) in [5, 5.41) is 3.45. The quantitative estimate of drug-likeness (QED) is 0.755.